The van der Waals surface area contributed by atoms with Crippen LogP contribution in [0.3, 0.4) is 0 Å². The maximum absolute atomic E-state index is 12.5. The lowest BCUT2D eigenvalue weighted by Gasteiger charge is -2.29. The van der Waals surface area contributed by atoms with E-state index in [9.17, 15) is 32.1 Å². The number of halogens is 2. The SMILES string of the molecule is CCS(=O)(=O)N1CCC(C(=O)OCc2cc(OC)c(OC(F)F)cc2[N+](=O)[O-])CC1. The van der Waals surface area contributed by atoms with E-state index in [-0.39, 0.29) is 43.0 Å². The summed E-state index contributed by atoms with van der Waals surface area (Å²) in [5.41, 5.74) is -0.624. The first-order valence-corrected chi connectivity index (χ1v) is 10.6. The lowest BCUT2D eigenvalue weighted by molar-refractivity contribution is -0.386. The molecular formula is C17H22F2N2O8S. The lowest BCUT2D eigenvalue weighted by Crippen LogP contribution is -2.41. The van der Waals surface area contributed by atoms with Crippen molar-refractivity contribution in [3.8, 4) is 11.5 Å². The van der Waals surface area contributed by atoms with Crippen molar-refractivity contribution in [2.45, 2.75) is 33.0 Å². The summed E-state index contributed by atoms with van der Waals surface area (Å²) in [5.74, 6) is -1.89. The van der Waals surface area contributed by atoms with Crippen LogP contribution >= 0.6 is 0 Å². The number of alkyl halides is 2. The number of methoxy groups -OCH3 is 1. The normalized spacial score (nSPS) is 15.8. The fourth-order valence-electron chi connectivity index (χ4n) is 3.04. The van der Waals surface area contributed by atoms with Gasteiger partial charge < -0.3 is 14.2 Å². The Morgan fingerprint density at radius 3 is 2.43 bits per heavy atom. The average Bonchev–Trinajstić information content (AvgIpc) is 2.71. The molecule has 1 heterocycles. The number of esters is 1. The number of nitro benzene ring substituents is 1. The maximum Gasteiger partial charge on any atom is 0.387 e. The second-order valence-corrected chi connectivity index (χ2v) is 8.71. The molecule has 13 heteroatoms. The van der Waals surface area contributed by atoms with Crippen LogP contribution in [0.25, 0.3) is 0 Å². The number of hydrogen-bond donors (Lipinski definition) is 0. The van der Waals surface area contributed by atoms with Gasteiger partial charge in [0.1, 0.15) is 6.61 Å². The molecule has 1 aliphatic rings. The van der Waals surface area contributed by atoms with Gasteiger partial charge in [-0.1, -0.05) is 0 Å². The van der Waals surface area contributed by atoms with Crippen LogP contribution < -0.4 is 9.47 Å². The summed E-state index contributed by atoms with van der Waals surface area (Å²) < 4.78 is 64.4. The highest BCUT2D eigenvalue weighted by Gasteiger charge is 2.31. The van der Waals surface area contributed by atoms with Gasteiger partial charge in [-0.15, -0.1) is 0 Å². The van der Waals surface area contributed by atoms with Gasteiger partial charge in [0.25, 0.3) is 5.69 Å². The molecular weight excluding hydrogens is 430 g/mol. The Labute approximate surface area is 171 Å². The topological polar surface area (TPSA) is 125 Å². The standard InChI is InChI=1S/C17H22F2N2O8S/c1-3-30(25,26)20-6-4-11(5-7-20)16(22)28-10-12-8-14(27-2)15(29-17(18)19)9-13(12)21(23)24/h8-9,11,17H,3-7,10H2,1-2H3. The second-order valence-electron chi connectivity index (χ2n) is 6.45. The first-order valence-electron chi connectivity index (χ1n) is 9.03. The number of rotatable bonds is 9. The monoisotopic (exact) mass is 452 g/mol. The summed E-state index contributed by atoms with van der Waals surface area (Å²) in [6.07, 6.45) is 0.537. The van der Waals surface area contributed by atoms with Crippen LogP contribution in [-0.4, -0.2) is 56.2 Å². The summed E-state index contributed by atoms with van der Waals surface area (Å²) in [4.78, 5) is 22.8. The lowest BCUT2D eigenvalue weighted by atomic mass is 9.98. The largest absolute Gasteiger partial charge is 0.493 e. The van der Waals surface area contributed by atoms with Crippen molar-refractivity contribution in [2.75, 3.05) is 26.0 Å². The third-order valence-corrected chi connectivity index (χ3v) is 6.57. The van der Waals surface area contributed by atoms with Gasteiger partial charge in [0.2, 0.25) is 10.0 Å². The quantitative estimate of drug-likeness (QED) is 0.317. The van der Waals surface area contributed by atoms with Crippen LogP contribution in [0, 0.1) is 16.0 Å². The molecule has 2 rings (SSSR count). The number of nitrogens with zero attached hydrogens (tertiary/aromatic N) is 2. The zero-order chi connectivity index (χ0) is 22.5. The van der Waals surface area contributed by atoms with Crippen molar-refractivity contribution >= 4 is 21.7 Å². The minimum atomic E-state index is -3.33. The molecule has 0 aliphatic carbocycles. The van der Waals surface area contributed by atoms with Crippen molar-refractivity contribution in [1.82, 2.24) is 4.31 Å². The molecule has 1 aromatic rings. The number of nitro groups is 1. The molecule has 30 heavy (non-hydrogen) atoms. The van der Waals surface area contributed by atoms with Gasteiger partial charge in [-0.2, -0.15) is 8.78 Å². The van der Waals surface area contributed by atoms with E-state index in [1.807, 2.05) is 0 Å². The molecule has 0 amide bonds. The number of carbonyl (C=O) groups excluding carboxylic acids is 1. The molecule has 0 bridgehead atoms. The molecule has 0 radical (unpaired) electrons. The van der Waals surface area contributed by atoms with E-state index in [2.05, 4.69) is 4.74 Å². The number of ether oxygens (including phenoxy) is 3. The molecule has 0 atom stereocenters. The first-order chi connectivity index (χ1) is 14.1. The molecule has 0 spiro atoms. The van der Waals surface area contributed by atoms with E-state index < -0.39 is 51.5 Å². The van der Waals surface area contributed by atoms with Gasteiger partial charge in [-0.25, -0.2) is 12.7 Å². The maximum atomic E-state index is 12.5. The van der Waals surface area contributed by atoms with Crippen LogP contribution in [0.15, 0.2) is 12.1 Å². The number of benzene rings is 1. The first kappa shape index (κ1) is 23.7. The van der Waals surface area contributed by atoms with Crippen LogP contribution in [0.2, 0.25) is 0 Å². The summed E-state index contributed by atoms with van der Waals surface area (Å²) in [7, 11) is -2.16. The molecule has 1 aliphatic heterocycles. The zero-order valence-electron chi connectivity index (χ0n) is 16.4. The van der Waals surface area contributed by atoms with E-state index in [1.54, 1.807) is 0 Å². The highest BCUT2D eigenvalue weighted by molar-refractivity contribution is 7.89. The zero-order valence-corrected chi connectivity index (χ0v) is 17.2. The fourth-order valence-corrected chi connectivity index (χ4v) is 4.18. The molecule has 1 saturated heterocycles. The molecule has 168 valence electrons. The molecule has 10 nitrogen and oxygen atoms in total. The van der Waals surface area contributed by atoms with Gasteiger partial charge in [-0.05, 0) is 25.8 Å². The van der Waals surface area contributed by atoms with E-state index in [1.165, 1.54) is 18.3 Å². The predicted molar refractivity (Wildman–Crippen MR) is 99.8 cm³/mol. The van der Waals surface area contributed by atoms with Gasteiger partial charge >= 0.3 is 12.6 Å². The van der Waals surface area contributed by atoms with Crippen molar-refractivity contribution < 1.29 is 41.1 Å². The smallest absolute Gasteiger partial charge is 0.387 e. The molecule has 0 aromatic heterocycles. The number of hydrogen-bond acceptors (Lipinski definition) is 8. The molecule has 0 unspecified atom stereocenters. The predicted octanol–water partition coefficient (Wildman–Crippen LogP) is 2.31. The van der Waals surface area contributed by atoms with Crippen LogP contribution in [0.4, 0.5) is 14.5 Å². The summed E-state index contributed by atoms with van der Waals surface area (Å²) >= 11 is 0. The van der Waals surface area contributed by atoms with Gasteiger partial charge in [0.05, 0.1) is 35.3 Å². The number of sulfonamides is 1. The summed E-state index contributed by atoms with van der Waals surface area (Å²) in [6.45, 7) is -1.78. The summed E-state index contributed by atoms with van der Waals surface area (Å²) in [6, 6.07) is 1.88. The minimum absolute atomic E-state index is 0.0289. The third kappa shape index (κ3) is 5.75. The molecule has 1 aromatic carbocycles. The number of piperidine rings is 1. The van der Waals surface area contributed by atoms with Gasteiger partial charge in [0.15, 0.2) is 11.5 Å². The molecule has 0 saturated carbocycles. The Balaban J connectivity index is 2.08. The average molecular weight is 452 g/mol. The number of carbonyl (C=O) groups is 1. The van der Waals surface area contributed by atoms with E-state index >= 15 is 0 Å². The van der Waals surface area contributed by atoms with E-state index in [4.69, 9.17) is 9.47 Å². The Bertz CT molecular complexity index is 886. The van der Waals surface area contributed by atoms with E-state index in [0.29, 0.717) is 0 Å². The van der Waals surface area contributed by atoms with Crippen LogP contribution in [0.1, 0.15) is 25.3 Å². The third-order valence-electron chi connectivity index (χ3n) is 4.69. The Hall–Kier alpha value is -2.54. The Kier molecular flexibility index (Phi) is 7.89. The van der Waals surface area contributed by atoms with Crippen molar-refractivity contribution in [1.29, 1.82) is 0 Å². The van der Waals surface area contributed by atoms with Gasteiger partial charge in [0, 0.05) is 13.1 Å². The Morgan fingerprint density at radius 2 is 1.93 bits per heavy atom. The highest BCUT2D eigenvalue weighted by atomic mass is 32.2. The molecule has 0 N–H and O–H groups in total. The second kappa shape index (κ2) is 9.98. The van der Waals surface area contributed by atoms with Crippen molar-refractivity contribution in [2.24, 2.45) is 5.92 Å². The van der Waals surface area contributed by atoms with Crippen molar-refractivity contribution in [3.63, 3.8) is 0 Å². The van der Waals surface area contributed by atoms with Crippen LogP contribution in [-0.2, 0) is 26.2 Å². The highest BCUT2D eigenvalue weighted by Crippen LogP contribution is 2.36. The minimum Gasteiger partial charge on any atom is -0.493 e. The van der Waals surface area contributed by atoms with E-state index in [0.717, 1.165) is 12.1 Å². The fraction of sp³-hybridized carbons (Fsp3) is 0.588. The molecule has 1 fully saturated rings. The van der Waals surface area contributed by atoms with Crippen molar-refractivity contribution in [3.05, 3.63) is 27.8 Å². The summed E-state index contributed by atoms with van der Waals surface area (Å²) in [5, 5.41) is 11.3. The van der Waals surface area contributed by atoms with Crippen LogP contribution in [0.5, 0.6) is 11.5 Å². The Morgan fingerprint density at radius 1 is 1.30 bits per heavy atom. The van der Waals surface area contributed by atoms with Gasteiger partial charge in [-0.3, -0.25) is 14.9 Å².